The van der Waals surface area contributed by atoms with Gasteiger partial charge in [-0.05, 0) is 12.1 Å². The fraction of sp³-hybridized carbons (Fsp3) is 0.519. The first-order valence-corrected chi connectivity index (χ1v) is 12.8. The molecule has 2 aliphatic rings. The van der Waals surface area contributed by atoms with Gasteiger partial charge in [-0.15, -0.1) is 0 Å². The highest BCUT2D eigenvalue weighted by Gasteiger charge is 2.47. The van der Waals surface area contributed by atoms with Crippen LogP contribution in [0.3, 0.4) is 0 Å². The topological polar surface area (TPSA) is 94.6 Å². The number of methoxy groups -OCH3 is 1. The van der Waals surface area contributed by atoms with Crippen molar-refractivity contribution in [2.45, 2.75) is 57.5 Å². The molecule has 5 rings (SSSR count). The number of carbonyl (C=O) groups is 1. The number of para-hydroxylation sites is 1. The zero-order chi connectivity index (χ0) is 28.4. The quantitative estimate of drug-likeness (QED) is 0.481. The van der Waals surface area contributed by atoms with Gasteiger partial charge in [-0.25, -0.2) is 9.78 Å². The molecule has 0 saturated carbocycles. The fourth-order valence-corrected chi connectivity index (χ4v) is 5.20. The van der Waals surface area contributed by atoms with E-state index in [1.165, 1.54) is 11.3 Å². The van der Waals surface area contributed by atoms with E-state index in [9.17, 15) is 13.2 Å². The number of alkyl halides is 3. The minimum Gasteiger partial charge on any atom is -0.480 e. The number of piperidine rings is 1. The van der Waals surface area contributed by atoms with E-state index >= 15 is 0 Å². The van der Waals surface area contributed by atoms with Crippen molar-refractivity contribution in [1.29, 1.82) is 0 Å². The number of hydrogen-bond donors (Lipinski definition) is 1. The van der Waals surface area contributed by atoms with Gasteiger partial charge < -0.3 is 19.1 Å². The molecule has 1 saturated heterocycles. The predicted molar refractivity (Wildman–Crippen MR) is 137 cm³/mol. The molecule has 212 valence electrons. The minimum atomic E-state index is -5.08. The van der Waals surface area contributed by atoms with E-state index in [2.05, 4.69) is 58.9 Å². The molecule has 2 aromatic heterocycles. The number of carboxylic acids is 1. The summed E-state index contributed by atoms with van der Waals surface area (Å²) in [7, 11) is 3.73. The van der Waals surface area contributed by atoms with Gasteiger partial charge in [-0.1, -0.05) is 26.0 Å². The summed E-state index contributed by atoms with van der Waals surface area (Å²) in [5.41, 5.74) is 4.32. The van der Waals surface area contributed by atoms with Gasteiger partial charge in [0.05, 0.1) is 24.2 Å². The molecule has 3 aromatic rings. The Balaban J connectivity index is 0.000000448. The largest absolute Gasteiger partial charge is 0.490 e. The highest BCUT2D eigenvalue weighted by atomic mass is 19.4. The third-order valence-electron chi connectivity index (χ3n) is 6.98. The number of likely N-dealkylation sites (tertiary alicyclic amines) is 1. The van der Waals surface area contributed by atoms with Crippen LogP contribution in [0.2, 0.25) is 0 Å². The number of nitrogens with zero attached hydrogens (tertiary/aromatic N) is 5. The molecule has 1 fully saturated rings. The van der Waals surface area contributed by atoms with Crippen LogP contribution < -0.4 is 4.74 Å². The van der Waals surface area contributed by atoms with Gasteiger partial charge in [-0.2, -0.15) is 18.3 Å². The Morgan fingerprint density at radius 2 is 1.90 bits per heavy atom. The zero-order valence-electron chi connectivity index (χ0n) is 22.5. The Hall–Kier alpha value is -3.38. The van der Waals surface area contributed by atoms with E-state index in [4.69, 9.17) is 24.4 Å². The first kappa shape index (κ1) is 28.6. The Morgan fingerprint density at radius 3 is 2.46 bits per heavy atom. The molecule has 0 radical (unpaired) electrons. The second-order valence-corrected chi connectivity index (χ2v) is 10.2. The normalized spacial score (nSPS) is 16.3. The third kappa shape index (κ3) is 6.11. The number of benzene rings is 1. The minimum absolute atomic E-state index is 0.326. The van der Waals surface area contributed by atoms with Crippen LogP contribution in [0.15, 0.2) is 36.7 Å². The van der Waals surface area contributed by atoms with Crippen LogP contribution in [0.1, 0.15) is 49.7 Å². The molecule has 0 unspecified atom stereocenters. The predicted octanol–water partition coefficient (Wildman–Crippen LogP) is 4.57. The summed E-state index contributed by atoms with van der Waals surface area (Å²) in [6.07, 6.45) is 0.852. The zero-order valence-corrected chi connectivity index (χ0v) is 22.5. The smallest absolute Gasteiger partial charge is 0.480 e. The molecule has 1 aromatic carbocycles. The Bertz CT molecular complexity index is 1290. The first-order valence-electron chi connectivity index (χ1n) is 12.8. The lowest BCUT2D eigenvalue weighted by atomic mass is 9.83. The maximum Gasteiger partial charge on any atom is 0.490 e. The molecular weight excluding hydrogens is 515 g/mol. The van der Waals surface area contributed by atoms with E-state index in [1.807, 2.05) is 17.9 Å². The highest BCUT2D eigenvalue weighted by Crippen LogP contribution is 2.50. The summed E-state index contributed by atoms with van der Waals surface area (Å²) in [5.74, 6) is -0.364. The van der Waals surface area contributed by atoms with Crippen molar-refractivity contribution in [3.8, 4) is 17.0 Å². The molecular formula is C27H34F3N5O4. The molecule has 0 aliphatic carbocycles. The van der Waals surface area contributed by atoms with Crippen LogP contribution in [-0.2, 0) is 35.3 Å². The maximum atomic E-state index is 10.6. The van der Waals surface area contributed by atoms with Crippen LogP contribution in [-0.4, -0.2) is 68.3 Å². The summed E-state index contributed by atoms with van der Waals surface area (Å²) in [6.45, 7) is 8.76. The lowest BCUT2D eigenvalue weighted by Crippen LogP contribution is -2.48. The number of aromatic nitrogens is 4. The van der Waals surface area contributed by atoms with Crippen LogP contribution in [0, 0.1) is 0 Å². The average molecular weight is 550 g/mol. The van der Waals surface area contributed by atoms with Crippen molar-refractivity contribution in [1.82, 2.24) is 24.2 Å². The number of ether oxygens (including phenoxy) is 2. The van der Waals surface area contributed by atoms with Crippen molar-refractivity contribution in [3.05, 3.63) is 53.7 Å². The number of halogens is 3. The van der Waals surface area contributed by atoms with Gasteiger partial charge in [0, 0.05) is 76.4 Å². The van der Waals surface area contributed by atoms with E-state index in [1.54, 1.807) is 7.11 Å². The molecule has 39 heavy (non-hydrogen) atoms. The van der Waals surface area contributed by atoms with Gasteiger partial charge >= 0.3 is 12.1 Å². The lowest BCUT2D eigenvalue weighted by molar-refractivity contribution is -0.192. The van der Waals surface area contributed by atoms with Crippen molar-refractivity contribution in [2.24, 2.45) is 7.05 Å². The van der Waals surface area contributed by atoms with E-state index in [-0.39, 0.29) is 5.60 Å². The standard InChI is InChI=1S/C25H33N5O2.C2HF3O2/c1-18(2)24-27-22-20-7-5-6-8-21(20)32-25(23(22)30(24)13-14-31-4)9-11-29(12-10-25)17-19-15-26-28(3)16-19;3-2(4,5)1(6)7/h5-8,15-16,18H,9-14,17H2,1-4H3;(H,6,7). The number of hydrogen-bond acceptors (Lipinski definition) is 6. The van der Waals surface area contributed by atoms with Crippen molar-refractivity contribution in [2.75, 3.05) is 26.8 Å². The summed E-state index contributed by atoms with van der Waals surface area (Å²) in [5, 5.41) is 11.4. The molecule has 2 aliphatic heterocycles. The molecule has 0 amide bonds. The van der Waals surface area contributed by atoms with E-state index < -0.39 is 12.1 Å². The second-order valence-electron chi connectivity index (χ2n) is 10.2. The second kappa shape index (κ2) is 11.4. The summed E-state index contributed by atoms with van der Waals surface area (Å²) >= 11 is 0. The van der Waals surface area contributed by atoms with Crippen LogP contribution in [0.4, 0.5) is 13.2 Å². The third-order valence-corrected chi connectivity index (χ3v) is 6.98. The average Bonchev–Trinajstić information content (AvgIpc) is 3.48. The van der Waals surface area contributed by atoms with Gasteiger partial charge in [0.1, 0.15) is 11.6 Å². The van der Waals surface area contributed by atoms with Gasteiger partial charge in [0.25, 0.3) is 0 Å². The number of imidazole rings is 1. The van der Waals surface area contributed by atoms with Crippen molar-refractivity contribution in [3.63, 3.8) is 0 Å². The van der Waals surface area contributed by atoms with Crippen molar-refractivity contribution >= 4 is 5.97 Å². The van der Waals surface area contributed by atoms with E-state index in [0.29, 0.717) is 12.5 Å². The van der Waals surface area contributed by atoms with Crippen LogP contribution in [0.5, 0.6) is 5.75 Å². The highest BCUT2D eigenvalue weighted by molar-refractivity contribution is 5.73. The van der Waals surface area contributed by atoms with Gasteiger partial charge in [0.15, 0.2) is 5.60 Å². The molecule has 9 nitrogen and oxygen atoms in total. The molecule has 1 N–H and O–H groups in total. The lowest BCUT2D eigenvalue weighted by Gasteiger charge is -2.44. The maximum absolute atomic E-state index is 10.6. The molecule has 0 atom stereocenters. The Kier molecular flexibility index (Phi) is 8.36. The summed E-state index contributed by atoms with van der Waals surface area (Å²) in [6, 6.07) is 8.35. The summed E-state index contributed by atoms with van der Waals surface area (Å²) < 4.78 is 48.3. The molecule has 1 spiro atoms. The first-order chi connectivity index (χ1) is 18.4. The molecule has 4 heterocycles. The fourth-order valence-electron chi connectivity index (χ4n) is 5.20. The van der Waals surface area contributed by atoms with Crippen molar-refractivity contribution < 1.29 is 32.5 Å². The van der Waals surface area contributed by atoms with Gasteiger partial charge in [0.2, 0.25) is 0 Å². The summed E-state index contributed by atoms with van der Waals surface area (Å²) in [4.78, 5) is 16.6. The van der Waals surface area contributed by atoms with Crippen LogP contribution in [0.25, 0.3) is 11.3 Å². The number of fused-ring (bicyclic) bond motifs is 4. The van der Waals surface area contributed by atoms with E-state index in [0.717, 1.165) is 61.9 Å². The molecule has 0 bridgehead atoms. The Morgan fingerprint density at radius 1 is 1.23 bits per heavy atom. The number of carboxylic acid groups (broad SMARTS) is 1. The number of rotatable bonds is 6. The van der Waals surface area contributed by atoms with Gasteiger partial charge in [-0.3, -0.25) is 9.58 Å². The van der Waals surface area contributed by atoms with Crippen LogP contribution >= 0.6 is 0 Å². The number of aryl methyl sites for hydroxylation is 1. The SMILES string of the molecule is COCCn1c(C(C)C)nc2c1C1(CCN(Cc3cnn(C)c3)CC1)Oc1ccccc1-2.O=C(O)C(F)(F)F. The number of aliphatic carboxylic acids is 1. The molecule has 12 heteroatoms. The monoisotopic (exact) mass is 549 g/mol. The Labute approximate surface area is 225 Å².